The lowest BCUT2D eigenvalue weighted by atomic mass is 10.1. The molecule has 0 fully saturated rings. The highest BCUT2D eigenvalue weighted by atomic mass is 16.5. The molecule has 0 amide bonds. The van der Waals surface area contributed by atoms with Crippen LogP contribution in [0.25, 0.3) is 21.5 Å². The number of benzene rings is 4. The number of hydrogen-bond acceptors (Lipinski definition) is 2. The molecule has 4 rings (SSSR count). The minimum absolute atomic E-state index is 0.325. The van der Waals surface area contributed by atoms with Crippen LogP contribution >= 0.6 is 0 Å². The van der Waals surface area contributed by atoms with E-state index in [4.69, 9.17) is 4.74 Å². The van der Waals surface area contributed by atoms with Gasteiger partial charge in [-0.1, -0.05) is 59.7 Å². The first-order chi connectivity index (χ1) is 12.0. The Balaban J connectivity index is 0.000000146. The average Bonchev–Trinajstić information content (AvgIpc) is 2.62. The van der Waals surface area contributed by atoms with Crippen LogP contribution in [0.3, 0.4) is 0 Å². The topological polar surface area (TPSA) is 29.5 Å². The van der Waals surface area contributed by atoms with Crippen molar-refractivity contribution < 1.29 is 9.84 Å². The summed E-state index contributed by atoms with van der Waals surface area (Å²) in [5, 5.41) is 13.9. The highest BCUT2D eigenvalue weighted by Crippen LogP contribution is 2.21. The molecule has 126 valence electrons. The van der Waals surface area contributed by atoms with Gasteiger partial charge in [0, 0.05) is 0 Å². The van der Waals surface area contributed by atoms with Crippen molar-refractivity contribution in [1.29, 1.82) is 0 Å². The molecule has 0 aliphatic carbocycles. The van der Waals surface area contributed by atoms with Crippen molar-refractivity contribution in [1.82, 2.24) is 0 Å². The van der Waals surface area contributed by atoms with Crippen LogP contribution in [0.4, 0.5) is 0 Å². The molecule has 2 heteroatoms. The van der Waals surface area contributed by atoms with E-state index < -0.39 is 0 Å². The second kappa shape index (κ2) is 7.27. The molecule has 0 atom stereocenters. The van der Waals surface area contributed by atoms with Gasteiger partial charge in [0.1, 0.15) is 11.5 Å². The van der Waals surface area contributed by atoms with E-state index in [2.05, 4.69) is 50.2 Å². The first-order valence-electron chi connectivity index (χ1n) is 8.29. The van der Waals surface area contributed by atoms with Gasteiger partial charge in [-0.05, 0) is 59.7 Å². The Morgan fingerprint density at radius 2 is 1.08 bits per heavy atom. The van der Waals surface area contributed by atoms with Crippen molar-refractivity contribution in [3.8, 4) is 11.5 Å². The van der Waals surface area contributed by atoms with E-state index in [1.807, 2.05) is 24.3 Å². The monoisotopic (exact) mass is 330 g/mol. The fourth-order valence-corrected chi connectivity index (χ4v) is 2.82. The van der Waals surface area contributed by atoms with Crippen molar-refractivity contribution in [3.05, 3.63) is 83.9 Å². The lowest BCUT2D eigenvalue weighted by Gasteiger charge is -2.02. The van der Waals surface area contributed by atoms with Crippen LogP contribution < -0.4 is 4.74 Å². The van der Waals surface area contributed by atoms with Crippen molar-refractivity contribution in [2.24, 2.45) is 0 Å². The number of phenols is 1. The van der Waals surface area contributed by atoms with Crippen LogP contribution in [0, 0.1) is 13.8 Å². The third-order valence-corrected chi connectivity index (χ3v) is 4.18. The Morgan fingerprint density at radius 1 is 0.600 bits per heavy atom. The van der Waals surface area contributed by atoms with Gasteiger partial charge >= 0.3 is 0 Å². The second-order valence-electron chi connectivity index (χ2n) is 6.25. The van der Waals surface area contributed by atoms with Crippen molar-refractivity contribution in [2.75, 3.05) is 7.11 Å². The SMILES string of the molecule is COc1ccc2cc(C)ccc2c1.Cc1ccc2cc(O)ccc2c1. The molecule has 2 nitrogen and oxygen atoms in total. The summed E-state index contributed by atoms with van der Waals surface area (Å²) in [7, 11) is 1.69. The van der Waals surface area contributed by atoms with E-state index in [1.54, 1.807) is 19.2 Å². The van der Waals surface area contributed by atoms with Gasteiger partial charge in [0.05, 0.1) is 7.11 Å². The fourth-order valence-electron chi connectivity index (χ4n) is 2.82. The first-order valence-corrected chi connectivity index (χ1v) is 8.29. The Morgan fingerprint density at radius 3 is 1.68 bits per heavy atom. The van der Waals surface area contributed by atoms with Crippen molar-refractivity contribution in [3.63, 3.8) is 0 Å². The molecule has 25 heavy (non-hydrogen) atoms. The summed E-state index contributed by atoms with van der Waals surface area (Å²) in [6.07, 6.45) is 0. The molecule has 4 aromatic carbocycles. The Kier molecular flexibility index (Phi) is 4.90. The molecular weight excluding hydrogens is 308 g/mol. The van der Waals surface area contributed by atoms with E-state index in [0.29, 0.717) is 5.75 Å². The van der Waals surface area contributed by atoms with Gasteiger partial charge in [0.15, 0.2) is 0 Å². The molecule has 0 spiro atoms. The predicted octanol–water partition coefficient (Wildman–Crippen LogP) is 6.01. The number of fused-ring (bicyclic) bond motifs is 2. The minimum atomic E-state index is 0.325. The molecule has 0 unspecified atom stereocenters. The smallest absolute Gasteiger partial charge is 0.119 e. The molecule has 0 bridgehead atoms. The maximum absolute atomic E-state index is 9.20. The van der Waals surface area contributed by atoms with E-state index in [-0.39, 0.29) is 0 Å². The molecule has 0 aliphatic heterocycles. The molecule has 4 aromatic rings. The van der Waals surface area contributed by atoms with Gasteiger partial charge in [0.2, 0.25) is 0 Å². The Labute approximate surface area is 148 Å². The molecule has 0 aliphatic rings. The van der Waals surface area contributed by atoms with Gasteiger partial charge in [-0.3, -0.25) is 0 Å². The van der Waals surface area contributed by atoms with E-state index >= 15 is 0 Å². The summed E-state index contributed by atoms with van der Waals surface area (Å²) in [6, 6.07) is 24.1. The third kappa shape index (κ3) is 4.10. The molecule has 1 N–H and O–H groups in total. The van der Waals surface area contributed by atoms with Gasteiger partial charge in [-0.15, -0.1) is 0 Å². The normalized spacial score (nSPS) is 10.4. The van der Waals surface area contributed by atoms with Gasteiger partial charge < -0.3 is 9.84 Å². The number of phenolic OH excluding ortho intramolecular Hbond substituents is 1. The maximum atomic E-state index is 9.20. The Bertz CT molecular complexity index is 978. The number of ether oxygens (including phenoxy) is 1. The third-order valence-electron chi connectivity index (χ3n) is 4.18. The van der Waals surface area contributed by atoms with Crippen LogP contribution in [0.5, 0.6) is 11.5 Å². The number of hydrogen-bond donors (Lipinski definition) is 1. The molecular formula is C23H22O2. The maximum Gasteiger partial charge on any atom is 0.119 e. The molecule has 0 radical (unpaired) electrons. The zero-order chi connectivity index (χ0) is 17.8. The zero-order valence-corrected chi connectivity index (χ0v) is 14.8. The summed E-state index contributed by atoms with van der Waals surface area (Å²) in [4.78, 5) is 0. The quantitative estimate of drug-likeness (QED) is 0.463. The average molecular weight is 330 g/mol. The summed E-state index contributed by atoms with van der Waals surface area (Å²) in [5.74, 6) is 1.24. The highest BCUT2D eigenvalue weighted by Gasteiger charge is 1.96. The summed E-state index contributed by atoms with van der Waals surface area (Å²) >= 11 is 0. The van der Waals surface area contributed by atoms with E-state index in [0.717, 1.165) is 11.1 Å². The van der Waals surface area contributed by atoms with Crippen LogP contribution in [0.2, 0.25) is 0 Å². The van der Waals surface area contributed by atoms with Gasteiger partial charge in [0.25, 0.3) is 0 Å². The summed E-state index contributed by atoms with van der Waals surface area (Å²) in [6.45, 7) is 4.16. The standard InChI is InChI=1S/C12H12O.C11H10O/c1-9-3-4-11-8-12(13-2)6-5-10(11)7-9;1-8-2-3-10-7-11(12)5-4-9(10)6-8/h3-8H,1-2H3;2-7,12H,1H3. The van der Waals surface area contributed by atoms with Gasteiger partial charge in [-0.2, -0.15) is 0 Å². The largest absolute Gasteiger partial charge is 0.508 e. The number of methoxy groups -OCH3 is 1. The van der Waals surface area contributed by atoms with Crippen molar-refractivity contribution in [2.45, 2.75) is 13.8 Å². The molecule has 0 saturated heterocycles. The summed E-state index contributed by atoms with van der Waals surface area (Å²) in [5.41, 5.74) is 2.53. The van der Waals surface area contributed by atoms with Crippen LogP contribution in [0.1, 0.15) is 11.1 Å². The predicted molar refractivity (Wildman–Crippen MR) is 106 cm³/mol. The molecule has 0 heterocycles. The van der Waals surface area contributed by atoms with Gasteiger partial charge in [-0.25, -0.2) is 0 Å². The van der Waals surface area contributed by atoms with Crippen LogP contribution in [0.15, 0.2) is 72.8 Å². The first kappa shape index (κ1) is 16.8. The molecule has 0 aromatic heterocycles. The highest BCUT2D eigenvalue weighted by molar-refractivity contribution is 5.85. The summed E-state index contributed by atoms with van der Waals surface area (Å²) < 4.78 is 5.15. The lowest BCUT2D eigenvalue weighted by Crippen LogP contribution is -1.82. The van der Waals surface area contributed by atoms with E-state index in [1.165, 1.54) is 27.3 Å². The number of aromatic hydroxyl groups is 1. The minimum Gasteiger partial charge on any atom is -0.508 e. The molecule has 0 saturated carbocycles. The number of rotatable bonds is 1. The number of aryl methyl sites for hydroxylation is 2. The van der Waals surface area contributed by atoms with Crippen LogP contribution in [-0.4, -0.2) is 12.2 Å². The Hall–Kier alpha value is -3.00. The van der Waals surface area contributed by atoms with Crippen molar-refractivity contribution >= 4 is 21.5 Å². The zero-order valence-electron chi connectivity index (χ0n) is 14.8. The lowest BCUT2D eigenvalue weighted by molar-refractivity contribution is 0.415. The fraction of sp³-hybridized carbons (Fsp3) is 0.130. The second-order valence-corrected chi connectivity index (χ2v) is 6.25. The van der Waals surface area contributed by atoms with Crippen LogP contribution in [-0.2, 0) is 0 Å². The van der Waals surface area contributed by atoms with E-state index in [9.17, 15) is 5.11 Å².